The van der Waals surface area contributed by atoms with Gasteiger partial charge >= 0.3 is 12.1 Å². The number of carbonyl (C=O) groups excluding carboxylic acids is 2. The Morgan fingerprint density at radius 2 is 1.51 bits per heavy atom. The van der Waals surface area contributed by atoms with Crippen molar-refractivity contribution >= 4 is 30.8 Å². The van der Waals surface area contributed by atoms with Gasteiger partial charge in [0.15, 0.2) is 0 Å². The largest absolute Gasteiger partial charge is 0.466 e. The Balaban J connectivity index is 2.02. The summed E-state index contributed by atoms with van der Waals surface area (Å²) < 4.78 is 18.0. The molecule has 8 heteroatoms. The van der Waals surface area contributed by atoms with Crippen LogP contribution in [-0.2, 0) is 18.7 Å². The van der Waals surface area contributed by atoms with Crippen molar-refractivity contribution in [2.45, 2.75) is 77.5 Å². The van der Waals surface area contributed by atoms with E-state index in [0.29, 0.717) is 0 Å². The average Bonchev–Trinajstić information content (AvgIpc) is 2.85. The maximum atomic E-state index is 13.0. The number of piperidine rings is 1. The second-order valence-corrected chi connectivity index (χ2v) is 16.7. The molecule has 1 aliphatic heterocycles. The molecule has 0 bridgehead atoms. The molecule has 7 nitrogen and oxygen atoms in total. The van der Waals surface area contributed by atoms with Gasteiger partial charge in [-0.25, -0.2) is 4.79 Å². The molecule has 1 fully saturated rings. The van der Waals surface area contributed by atoms with Crippen LogP contribution in [0.1, 0.15) is 61.3 Å². The summed E-state index contributed by atoms with van der Waals surface area (Å²) in [4.78, 5) is 27.2. The molecule has 3 rings (SSSR count). The van der Waals surface area contributed by atoms with Gasteiger partial charge in [0, 0.05) is 25.6 Å². The standard InChI is InChI=1S/C31H45NO6Si/c1-8-36-27(33)21-31(35)19-20-32(28(34)38-29(2,3)4)22-24(31)23-37-39(30(5,6)7,25-15-11-9-12-16-25)26-17-13-10-14-18-26/h9-18,24,35H,8,19-23H2,1-7H3. The summed E-state index contributed by atoms with van der Waals surface area (Å²) in [6.45, 7) is 14.7. The third-order valence-electron chi connectivity index (χ3n) is 7.34. The van der Waals surface area contributed by atoms with Crippen LogP contribution in [-0.4, -0.2) is 67.9 Å². The van der Waals surface area contributed by atoms with Crippen molar-refractivity contribution in [1.29, 1.82) is 0 Å². The molecule has 2 unspecified atom stereocenters. The lowest BCUT2D eigenvalue weighted by Gasteiger charge is -2.48. The SMILES string of the molecule is CCOC(=O)CC1(O)CCN(C(=O)OC(C)(C)C)CC1CO[Si](c1ccccc1)(c1ccccc1)C(C)(C)C. The third kappa shape index (κ3) is 7.29. The Morgan fingerprint density at radius 3 is 1.97 bits per heavy atom. The normalized spacial score (nSPS) is 20.4. The fourth-order valence-electron chi connectivity index (χ4n) is 5.44. The van der Waals surface area contributed by atoms with Gasteiger partial charge in [0.2, 0.25) is 0 Å². The van der Waals surface area contributed by atoms with Gasteiger partial charge in [-0.2, -0.15) is 0 Å². The highest BCUT2D eigenvalue weighted by Crippen LogP contribution is 2.39. The van der Waals surface area contributed by atoms with E-state index in [0.717, 1.165) is 10.4 Å². The molecule has 1 heterocycles. The molecule has 39 heavy (non-hydrogen) atoms. The zero-order valence-electron chi connectivity index (χ0n) is 24.5. The van der Waals surface area contributed by atoms with Gasteiger partial charge in [-0.3, -0.25) is 4.79 Å². The lowest BCUT2D eigenvalue weighted by Crippen LogP contribution is -2.68. The predicted molar refractivity (Wildman–Crippen MR) is 156 cm³/mol. The van der Waals surface area contributed by atoms with Gasteiger partial charge in [-0.1, -0.05) is 81.4 Å². The summed E-state index contributed by atoms with van der Waals surface area (Å²) in [6.07, 6.45) is -0.367. The molecule has 0 radical (unpaired) electrons. The van der Waals surface area contributed by atoms with Crippen molar-refractivity contribution in [3.63, 3.8) is 0 Å². The Morgan fingerprint density at radius 1 is 0.974 bits per heavy atom. The fourth-order valence-corrected chi connectivity index (χ4v) is 10.0. The zero-order chi connectivity index (χ0) is 28.9. The van der Waals surface area contributed by atoms with Crippen molar-refractivity contribution in [3.05, 3.63) is 60.7 Å². The van der Waals surface area contributed by atoms with Gasteiger partial charge in [0.1, 0.15) is 5.60 Å². The van der Waals surface area contributed by atoms with E-state index in [4.69, 9.17) is 13.9 Å². The first kappa shape index (κ1) is 30.9. The van der Waals surface area contributed by atoms with Crippen molar-refractivity contribution in [2.75, 3.05) is 26.3 Å². The van der Waals surface area contributed by atoms with Gasteiger partial charge in [0.05, 0.1) is 18.6 Å². The first-order valence-electron chi connectivity index (χ1n) is 13.8. The number of benzene rings is 2. The highest BCUT2D eigenvalue weighted by molar-refractivity contribution is 6.99. The van der Waals surface area contributed by atoms with Crippen LogP contribution in [0.4, 0.5) is 4.79 Å². The minimum atomic E-state index is -2.90. The van der Waals surface area contributed by atoms with E-state index in [1.54, 1.807) is 11.8 Å². The zero-order valence-corrected chi connectivity index (χ0v) is 25.5. The van der Waals surface area contributed by atoms with Crippen LogP contribution in [0.25, 0.3) is 0 Å². The van der Waals surface area contributed by atoms with Gasteiger partial charge in [-0.05, 0) is 49.5 Å². The molecule has 214 valence electrons. The van der Waals surface area contributed by atoms with E-state index in [1.165, 1.54) is 0 Å². The minimum Gasteiger partial charge on any atom is -0.466 e. The molecule has 2 aromatic rings. The predicted octanol–water partition coefficient (Wildman–Crippen LogP) is 4.50. The average molecular weight is 556 g/mol. The van der Waals surface area contributed by atoms with Crippen molar-refractivity contribution in [3.8, 4) is 0 Å². The number of rotatable bonds is 8. The summed E-state index contributed by atoms with van der Waals surface area (Å²) >= 11 is 0. The van der Waals surface area contributed by atoms with Crippen LogP contribution in [0.15, 0.2) is 60.7 Å². The van der Waals surface area contributed by atoms with E-state index in [1.807, 2.05) is 57.2 Å². The van der Waals surface area contributed by atoms with E-state index in [2.05, 4.69) is 45.0 Å². The molecule has 0 aliphatic carbocycles. The second-order valence-electron chi connectivity index (χ2n) is 12.4. The summed E-state index contributed by atoms with van der Waals surface area (Å²) in [7, 11) is -2.90. The minimum absolute atomic E-state index is 0.155. The summed E-state index contributed by atoms with van der Waals surface area (Å²) in [6, 6.07) is 20.5. The van der Waals surface area contributed by atoms with E-state index >= 15 is 0 Å². The molecule has 2 atom stereocenters. The summed E-state index contributed by atoms with van der Waals surface area (Å²) in [5, 5.41) is 13.8. The number of hydrogen-bond donors (Lipinski definition) is 1. The maximum Gasteiger partial charge on any atom is 0.410 e. The van der Waals surface area contributed by atoms with Crippen LogP contribution in [0, 0.1) is 5.92 Å². The highest BCUT2D eigenvalue weighted by atomic mass is 28.4. The van der Waals surface area contributed by atoms with Gasteiger partial charge in [0.25, 0.3) is 8.32 Å². The number of likely N-dealkylation sites (tertiary alicyclic amines) is 1. The number of nitrogens with zero attached hydrogens (tertiary/aromatic N) is 1. The summed E-state index contributed by atoms with van der Waals surface area (Å²) in [5.41, 5.74) is -2.02. The number of hydrogen-bond acceptors (Lipinski definition) is 6. The molecule has 1 aliphatic rings. The molecular formula is C31H45NO6Si. The molecule has 0 saturated carbocycles. The quantitative estimate of drug-likeness (QED) is 0.381. The van der Waals surface area contributed by atoms with Crippen LogP contribution in [0.2, 0.25) is 5.04 Å². The fraction of sp³-hybridized carbons (Fsp3) is 0.548. The molecular weight excluding hydrogens is 510 g/mol. The highest BCUT2D eigenvalue weighted by Gasteiger charge is 2.52. The van der Waals surface area contributed by atoms with E-state index < -0.39 is 37.5 Å². The molecule has 1 N–H and O–H groups in total. The van der Waals surface area contributed by atoms with E-state index in [-0.39, 0.29) is 44.2 Å². The molecule has 0 spiro atoms. The Bertz CT molecular complexity index is 1060. The van der Waals surface area contributed by atoms with Crippen molar-refractivity contribution < 1.29 is 28.6 Å². The number of esters is 1. The van der Waals surface area contributed by atoms with Gasteiger partial charge < -0.3 is 23.9 Å². The lowest BCUT2D eigenvalue weighted by molar-refractivity contribution is -0.155. The number of carbonyl (C=O) groups is 2. The third-order valence-corrected chi connectivity index (χ3v) is 12.3. The second kappa shape index (κ2) is 12.2. The summed E-state index contributed by atoms with van der Waals surface area (Å²) in [5.74, 6) is -0.981. The first-order chi connectivity index (χ1) is 18.2. The Labute approximate surface area is 234 Å². The maximum absolute atomic E-state index is 13.0. The Hall–Kier alpha value is -2.68. The topological polar surface area (TPSA) is 85.3 Å². The molecule has 1 amide bonds. The van der Waals surface area contributed by atoms with Crippen LogP contribution < -0.4 is 10.4 Å². The molecule has 2 aromatic carbocycles. The van der Waals surface area contributed by atoms with Crippen molar-refractivity contribution in [2.24, 2.45) is 5.92 Å². The smallest absolute Gasteiger partial charge is 0.410 e. The number of ether oxygens (including phenoxy) is 2. The van der Waals surface area contributed by atoms with Crippen LogP contribution in [0.3, 0.4) is 0 Å². The Kier molecular flexibility index (Phi) is 9.67. The molecule has 0 aromatic heterocycles. The lowest BCUT2D eigenvalue weighted by atomic mass is 9.79. The number of amides is 1. The molecule has 1 saturated heterocycles. The van der Waals surface area contributed by atoms with Crippen LogP contribution >= 0.6 is 0 Å². The van der Waals surface area contributed by atoms with Gasteiger partial charge in [-0.15, -0.1) is 0 Å². The van der Waals surface area contributed by atoms with E-state index in [9.17, 15) is 14.7 Å². The monoisotopic (exact) mass is 555 g/mol. The van der Waals surface area contributed by atoms with Crippen molar-refractivity contribution in [1.82, 2.24) is 4.90 Å². The number of aliphatic hydroxyl groups is 1. The first-order valence-corrected chi connectivity index (χ1v) is 15.7. The van der Waals surface area contributed by atoms with Crippen LogP contribution in [0.5, 0.6) is 0 Å².